The zero-order valence-corrected chi connectivity index (χ0v) is 6.32. The minimum absolute atomic E-state index is 0.220. The molecule has 0 saturated heterocycles. The molecule has 0 rings (SSSR count). The summed E-state index contributed by atoms with van der Waals surface area (Å²) in [4.78, 5) is 9.77. The van der Waals surface area contributed by atoms with E-state index in [2.05, 4.69) is 0 Å². The van der Waals surface area contributed by atoms with Crippen LogP contribution in [-0.4, -0.2) is 55.4 Å². The summed E-state index contributed by atoms with van der Waals surface area (Å²) >= 11 is 0.307. The van der Waals surface area contributed by atoms with Crippen LogP contribution < -0.4 is 5.73 Å². The predicted molar refractivity (Wildman–Crippen MR) is 19.8 cm³/mol. The standard InChI is InChI=1S/C2H4NO.K/c3-1-2-4;/h1,3H2;. The average Bonchev–Trinajstić information content (AvgIpc) is 1.38. The van der Waals surface area contributed by atoms with Crippen LogP contribution in [0.25, 0.3) is 0 Å². The van der Waals surface area contributed by atoms with Gasteiger partial charge in [0.25, 0.3) is 0 Å². The SMILES string of the molecule is NC[C](=O)[K]. The maximum atomic E-state index is 9.77. The first-order valence-corrected chi connectivity index (χ1v) is 3.03. The number of carbonyl (C=O) groups excluding carboxylic acids is 1. The molecule has 0 aromatic heterocycles. The molecule has 0 radical (unpaired) electrons. The summed E-state index contributed by atoms with van der Waals surface area (Å²) in [5.74, 6) is 0. The molecule has 3 heteroatoms. The Balaban J connectivity index is 2.85. The van der Waals surface area contributed by atoms with E-state index in [0.717, 1.165) is 0 Å². The Morgan fingerprint density at radius 2 is 2.20 bits per heavy atom. The van der Waals surface area contributed by atoms with Crippen molar-refractivity contribution in [2.45, 2.75) is 0 Å². The number of carbonyl (C=O) groups is 1. The molecule has 0 unspecified atom stereocenters. The molecule has 5 heavy (non-hydrogen) atoms. The van der Waals surface area contributed by atoms with Crippen LogP contribution in [0.5, 0.6) is 0 Å². The fourth-order valence-corrected chi connectivity index (χ4v) is 0. The quantitative estimate of drug-likeness (QED) is 0.411. The van der Waals surface area contributed by atoms with Gasteiger partial charge >= 0.3 is 65.9 Å². The molecule has 2 N–H and O–H groups in total. The molecule has 2 nitrogen and oxygen atoms in total. The molecular formula is C2H4KNO. The fraction of sp³-hybridized carbons (Fsp3) is 0.500. The molecule has 0 aliphatic carbocycles. The molecule has 0 aliphatic rings. The van der Waals surface area contributed by atoms with E-state index < -0.39 is 0 Å². The second kappa shape index (κ2) is 3.46. The van der Waals surface area contributed by atoms with Gasteiger partial charge in [0.15, 0.2) is 0 Å². The van der Waals surface area contributed by atoms with Gasteiger partial charge in [0.1, 0.15) is 0 Å². The Labute approximate surface area is 64.7 Å². The van der Waals surface area contributed by atoms with Gasteiger partial charge in [0.05, 0.1) is 0 Å². The third-order valence-corrected chi connectivity index (χ3v) is 0.925. The summed E-state index contributed by atoms with van der Waals surface area (Å²) in [6.07, 6.45) is 0. The molecule has 0 atom stereocenters. The van der Waals surface area contributed by atoms with E-state index in [-0.39, 0.29) is 6.42 Å². The van der Waals surface area contributed by atoms with Crippen LogP contribution in [0.3, 0.4) is 0 Å². The van der Waals surface area contributed by atoms with Crippen LogP contribution in [0.15, 0.2) is 0 Å². The van der Waals surface area contributed by atoms with Crippen molar-refractivity contribution >= 4 is 48.8 Å². The summed E-state index contributed by atoms with van der Waals surface area (Å²) in [5.41, 5.74) is 4.87. The van der Waals surface area contributed by atoms with Crippen molar-refractivity contribution in [2.24, 2.45) is 5.73 Å². The minimum atomic E-state index is 0.220. The Morgan fingerprint density at radius 1 is 2.00 bits per heavy atom. The van der Waals surface area contributed by atoms with Gasteiger partial charge < -0.3 is 0 Å². The van der Waals surface area contributed by atoms with Gasteiger partial charge in [-0.05, 0) is 0 Å². The summed E-state index contributed by atoms with van der Waals surface area (Å²) in [5, 5.41) is 0. The van der Waals surface area contributed by atoms with Crippen molar-refractivity contribution in [1.29, 1.82) is 0 Å². The summed E-state index contributed by atoms with van der Waals surface area (Å²) in [7, 11) is 0. The van der Waals surface area contributed by atoms with Crippen molar-refractivity contribution < 1.29 is 4.79 Å². The van der Waals surface area contributed by atoms with E-state index in [9.17, 15) is 4.79 Å². The second-order valence-electron chi connectivity index (χ2n) is 0.906. The Morgan fingerprint density at radius 3 is 2.20 bits per heavy atom. The second-order valence-corrected chi connectivity index (χ2v) is 2.65. The van der Waals surface area contributed by atoms with E-state index >= 15 is 0 Å². The number of hydrogen-bond donors (Lipinski definition) is 1. The van der Waals surface area contributed by atoms with E-state index in [1.54, 1.807) is 0 Å². The van der Waals surface area contributed by atoms with Crippen molar-refractivity contribution in [2.75, 3.05) is 6.54 Å². The summed E-state index contributed by atoms with van der Waals surface area (Å²) in [6.45, 7) is 0.250. The summed E-state index contributed by atoms with van der Waals surface area (Å²) < 4.78 is 0.220. The molecule has 0 aromatic carbocycles. The van der Waals surface area contributed by atoms with Gasteiger partial charge in [-0.2, -0.15) is 0 Å². The molecule has 0 amide bonds. The maximum absolute atomic E-state index is 9.77. The monoisotopic (exact) mass is 97.0 g/mol. The Kier molecular flexibility index (Phi) is 4.33. The van der Waals surface area contributed by atoms with E-state index in [1.807, 2.05) is 0 Å². The number of hydrogen-bond acceptors (Lipinski definition) is 2. The zero-order chi connectivity index (χ0) is 4.28. The molecule has 0 heterocycles. The third-order valence-electron chi connectivity index (χ3n) is 0.287. The fourth-order valence-electron chi connectivity index (χ4n) is 0. The van der Waals surface area contributed by atoms with Crippen molar-refractivity contribution in [3.8, 4) is 0 Å². The normalized spacial score (nSPS) is 7.80. The molecular weight excluding hydrogens is 93.1 g/mol. The van der Waals surface area contributed by atoms with Gasteiger partial charge in [-0.1, -0.05) is 0 Å². The first-order chi connectivity index (χ1) is 2.27. The van der Waals surface area contributed by atoms with E-state index in [4.69, 9.17) is 5.73 Å². The molecule has 0 spiro atoms. The molecule has 0 fully saturated rings. The van der Waals surface area contributed by atoms with Crippen LogP contribution >= 0.6 is 0 Å². The average molecular weight is 97.2 g/mol. The van der Waals surface area contributed by atoms with Crippen LogP contribution in [0.4, 0.5) is 0 Å². The van der Waals surface area contributed by atoms with E-state index in [1.165, 1.54) is 0 Å². The Bertz CT molecular complexity index is 44.9. The van der Waals surface area contributed by atoms with E-state index in [0.29, 0.717) is 49.0 Å². The predicted octanol–water partition coefficient (Wildman–Crippen LogP) is -1.36. The van der Waals surface area contributed by atoms with Gasteiger partial charge in [-0.25, -0.2) is 0 Å². The Hall–Kier alpha value is 1.27. The topological polar surface area (TPSA) is 43.1 Å². The van der Waals surface area contributed by atoms with Crippen LogP contribution in [-0.2, 0) is 4.79 Å². The molecule has 0 aromatic rings. The van der Waals surface area contributed by atoms with Crippen LogP contribution in [0, 0.1) is 0 Å². The van der Waals surface area contributed by atoms with Crippen molar-refractivity contribution in [1.82, 2.24) is 0 Å². The van der Waals surface area contributed by atoms with Gasteiger partial charge in [-0.15, -0.1) is 0 Å². The zero-order valence-electron chi connectivity index (χ0n) is 3.19. The number of nitrogens with two attached hydrogens (primary N) is 1. The first-order valence-electron chi connectivity index (χ1n) is 1.47. The van der Waals surface area contributed by atoms with Gasteiger partial charge in [0, 0.05) is 0 Å². The van der Waals surface area contributed by atoms with Gasteiger partial charge in [-0.3, -0.25) is 0 Å². The molecule has 0 aliphatic heterocycles. The first kappa shape index (κ1) is 6.27. The van der Waals surface area contributed by atoms with Crippen LogP contribution in [0.1, 0.15) is 0 Å². The van der Waals surface area contributed by atoms with Crippen molar-refractivity contribution in [3.05, 3.63) is 0 Å². The van der Waals surface area contributed by atoms with Crippen LogP contribution in [0.2, 0.25) is 0 Å². The van der Waals surface area contributed by atoms with Gasteiger partial charge in [0.2, 0.25) is 0 Å². The van der Waals surface area contributed by atoms with Crippen molar-refractivity contribution in [3.63, 3.8) is 0 Å². The molecule has 0 bridgehead atoms. The summed E-state index contributed by atoms with van der Waals surface area (Å²) in [6, 6.07) is 0. The number of rotatable bonds is 1. The third kappa shape index (κ3) is 5.27. The molecule has 24 valence electrons. The molecule has 0 saturated carbocycles.